The SMILES string of the molecule is CC1CCC(C(=O)O)CN1C(=O)c1ccn(-c2ccccc2F)n1. The number of hydrogen-bond donors (Lipinski definition) is 1. The minimum Gasteiger partial charge on any atom is -0.481 e. The molecule has 0 saturated carbocycles. The number of carboxylic acid groups (broad SMARTS) is 1. The summed E-state index contributed by atoms with van der Waals surface area (Å²) in [5, 5.41) is 13.3. The Morgan fingerprint density at radius 1 is 1.25 bits per heavy atom. The van der Waals surface area contributed by atoms with Gasteiger partial charge < -0.3 is 10.0 Å². The minimum absolute atomic E-state index is 0.0493. The van der Waals surface area contributed by atoms with Crippen LogP contribution >= 0.6 is 0 Å². The number of aromatic nitrogens is 2. The number of carbonyl (C=O) groups is 2. The molecule has 2 aromatic rings. The number of carboxylic acids is 1. The Hall–Kier alpha value is -2.70. The quantitative estimate of drug-likeness (QED) is 0.937. The van der Waals surface area contributed by atoms with Gasteiger partial charge in [-0.15, -0.1) is 0 Å². The lowest BCUT2D eigenvalue weighted by Crippen LogP contribution is -2.47. The molecule has 1 amide bonds. The first-order valence-corrected chi connectivity index (χ1v) is 7.81. The molecule has 24 heavy (non-hydrogen) atoms. The number of carbonyl (C=O) groups excluding carboxylic acids is 1. The molecule has 0 radical (unpaired) electrons. The van der Waals surface area contributed by atoms with E-state index in [0.717, 1.165) is 0 Å². The van der Waals surface area contributed by atoms with Gasteiger partial charge in [-0.05, 0) is 38.0 Å². The summed E-state index contributed by atoms with van der Waals surface area (Å²) in [6.07, 6.45) is 2.72. The van der Waals surface area contributed by atoms with Crippen molar-refractivity contribution < 1.29 is 19.1 Å². The van der Waals surface area contributed by atoms with Crippen LogP contribution in [0.15, 0.2) is 36.5 Å². The highest BCUT2D eigenvalue weighted by atomic mass is 19.1. The van der Waals surface area contributed by atoms with E-state index in [1.54, 1.807) is 18.2 Å². The second-order valence-corrected chi connectivity index (χ2v) is 6.02. The fourth-order valence-electron chi connectivity index (χ4n) is 2.95. The third-order valence-corrected chi connectivity index (χ3v) is 4.40. The lowest BCUT2D eigenvalue weighted by Gasteiger charge is -2.36. The summed E-state index contributed by atoms with van der Waals surface area (Å²) < 4.78 is 15.1. The Morgan fingerprint density at radius 3 is 2.71 bits per heavy atom. The van der Waals surface area contributed by atoms with Crippen molar-refractivity contribution in [1.29, 1.82) is 0 Å². The molecule has 2 atom stereocenters. The molecule has 0 spiro atoms. The summed E-state index contributed by atoms with van der Waals surface area (Å²) >= 11 is 0. The summed E-state index contributed by atoms with van der Waals surface area (Å²) in [7, 11) is 0. The van der Waals surface area contributed by atoms with Gasteiger partial charge in [-0.1, -0.05) is 12.1 Å². The average Bonchev–Trinajstić information content (AvgIpc) is 3.04. The van der Waals surface area contributed by atoms with E-state index in [2.05, 4.69) is 5.10 Å². The first kappa shape index (κ1) is 16.2. The summed E-state index contributed by atoms with van der Waals surface area (Å²) in [5.74, 6) is -2.21. The maximum absolute atomic E-state index is 13.8. The van der Waals surface area contributed by atoms with Crippen LogP contribution in [0, 0.1) is 11.7 Å². The molecule has 0 aliphatic carbocycles. The number of aliphatic carboxylic acids is 1. The molecule has 0 bridgehead atoms. The molecule has 1 aliphatic rings. The molecule has 7 heteroatoms. The molecule has 3 rings (SSSR count). The lowest BCUT2D eigenvalue weighted by atomic mass is 9.93. The van der Waals surface area contributed by atoms with Crippen molar-refractivity contribution in [3.63, 3.8) is 0 Å². The first-order chi connectivity index (χ1) is 11.5. The largest absolute Gasteiger partial charge is 0.481 e. The predicted octanol–water partition coefficient (Wildman–Crippen LogP) is 2.34. The van der Waals surface area contributed by atoms with Crippen LogP contribution in [0.2, 0.25) is 0 Å². The lowest BCUT2D eigenvalue weighted by molar-refractivity contribution is -0.143. The number of rotatable bonds is 3. The predicted molar refractivity (Wildman–Crippen MR) is 84.4 cm³/mol. The molecule has 1 N–H and O–H groups in total. The van der Waals surface area contributed by atoms with Crippen molar-refractivity contribution in [3.8, 4) is 5.69 Å². The number of piperidine rings is 1. The van der Waals surface area contributed by atoms with Crippen LogP contribution in [0.3, 0.4) is 0 Å². The summed E-state index contributed by atoms with van der Waals surface area (Å²) in [4.78, 5) is 25.4. The van der Waals surface area contributed by atoms with Gasteiger partial charge in [0.05, 0.1) is 5.92 Å². The monoisotopic (exact) mass is 331 g/mol. The number of amides is 1. The van der Waals surface area contributed by atoms with Crippen molar-refractivity contribution in [2.45, 2.75) is 25.8 Å². The van der Waals surface area contributed by atoms with Gasteiger partial charge >= 0.3 is 5.97 Å². The second-order valence-electron chi connectivity index (χ2n) is 6.02. The van der Waals surface area contributed by atoms with Crippen molar-refractivity contribution in [3.05, 3.63) is 48.0 Å². The van der Waals surface area contributed by atoms with E-state index >= 15 is 0 Å². The van der Waals surface area contributed by atoms with Crippen molar-refractivity contribution >= 4 is 11.9 Å². The van der Waals surface area contributed by atoms with Gasteiger partial charge in [-0.3, -0.25) is 9.59 Å². The van der Waals surface area contributed by atoms with Gasteiger partial charge in [-0.2, -0.15) is 5.10 Å². The highest BCUT2D eigenvalue weighted by molar-refractivity contribution is 5.93. The van der Waals surface area contributed by atoms with Crippen LogP contribution in [0.25, 0.3) is 5.69 Å². The Bertz CT molecular complexity index is 774. The fraction of sp³-hybridized carbons (Fsp3) is 0.353. The van der Waals surface area contributed by atoms with Gasteiger partial charge in [0.15, 0.2) is 5.69 Å². The van der Waals surface area contributed by atoms with Gasteiger partial charge in [0.2, 0.25) is 0 Å². The smallest absolute Gasteiger partial charge is 0.308 e. The van der Waals surface area contributed by atoms with E-state index in [1.807, 2.05) is 6.92 Å². The van der Waals surface area contributed by atoms with Crippen molar-refractivity contribution in [2.24, 2.45) is 5.92 Å². The van der Waals surface area contributed by atoms with E-state index in [-0.39, 0.29) is 29.9 Å². The molecule has 6 nitrogen and oxygen atoms in total. The molecule has 1 saturated heterocycles. The fourth-order valence-corrected chi connectivity index (χ4v) is 2.95. The number of para-hydroxylation sites is 1. The van der Waals surface area contributed by atoms with Gasteiger partial charge in [-0.25, -0.2) is 9.07 Å². The molecular weight excluding hydrogens is 313 g/mol. The highest BCUT2D eigenvalue weighted by Gasteiger charge is 2.33. The zero-order valence-corrected chi connectivity index (χ0v) is 13.2. The minimum atomic E-state index is -0.892. The number of halogens is 1. The van der Waals surface area contributed by atoms with Gasteiger partial charge in [0.25, 0.3) is 5.91 Å². The molecule has 1 fully saturated rings. The number of nitrogens with zero attached hydrogens (tertiary/aromatic N) is 3. The van der Waals surface area contributed by atoms with E-state index in [9.17, 15) is 19.1 Å². The van der Waals surface area contributed by atoms with Crippen LogP contribution in [0.4, 0.5) is 4.39 Å². The van der Waals surface area contributed by atoms with Crippen LogP contribution in [0.1, 0.15) is 30.3 Å². The topological polar surface area (TPSA) is 75.4 Å². The Morgan fingerprint density at radius 2 is 2.00 bits per heavy atom. The maximum atomic E-state index is 13.8. The third kappa shape index (κ3) is 3.02. The zero-order chi connectivity index (χ0) is 17.3. The van der Waals surface area contributed by atoms with Crippen LogP contribution < -0.4 is 0 Å². The first-order valence-electron chi connectivity index (χ1n) is 7.81. The average molecular weight is 331 g/mol. The maximum Gasteiger partial charge on any atom is 0.308 e. The van der Waals surface area contributed by atoms with Crippen LogP contribution in [0.5, 0.6) is 0 Å². The molecule has 2 unspecified atom stereocenters. The molecule has 126 valence electrons. The van der Waals surface area contributed by atoms with Crippen LogP contribution in [-0.4, -0.2) is 44.3 Å². The summed E-state index contributed by atoms with van der Waals surface area (Å²) in [6, 6.07) is 7.63. The third-order valence-electron chi connectivity index (χ3n) is 4.40. The second kappa shape index (κ2) is 6.43. The van der Waals surface area contributed by atoms with Crippen molar-refractivity contribution in [1.82, 2.24) is 14.7 Å². The molecule has 1 aliphatic heterocycles. The van der Waals surface area contributed by atoms with E-state index in [1.165, 1.54) is 27.9 Å². The molecule has 2 heterocycles. The van der Waals surface area contributed by atoms with E-state index < -0.39 is 17.7 Å². The molecular formula is C17H18FN3O3. The van der Waals surface area contributed by atoms with Crippen molar-refractivity contribution in [2.75, 3.05) is 6.54 Å². The summed E-state index contributed by atoms with van der Waals surface area (Å²) in [5.41, 5.74) is 0.433. The number of hydrogen-bond acceptors (Lipinski definition) is 3. The van der Waals surface area contributed by atoms with Crippen LogP contribution in [-0.2, 0) is 4.79 Å². The summed E-state index contributed by atoms with van der Waals surface area (Å²) in [6.45, 7) is 2.06. The molecule has 1 aromatic heterocycles. The van der Waals surface area contributed by atoms with E-state index in [4.69, 9.17) is 0 Å². The van der Waals surface area contributed by atoms with Gasteiger partial charge in [0.1, 0.15) is 11.5 Å². The number of likely N-dealkylation sites (tertiary alicyclic amines) is 1. The standard InChI is InChI=1S/C17H18FN3O3/c1-11-6-7-12(17(23)24)10-20(11)16(22)14-8-9-21(19-14)15-5-3-2-4-13(15)18/h2-5,8-9,11-12H,6-7,10H2,1H3,(H,23,24). The Labute approximate surface area is 138 Å². The van der Waals surface area contributed by atoms with Gasteiger partial charge in [0, 0.05) is 18.8 Å². The normalized spacial score (nSPS) is 20.8. The molecule has 1 aromatic carbocycles. The Balaban J connectivity index is 1.83. The Kier molecular flexibility index (Phi) is 4.33. The van der Waals surface area contributed by atoms with E-state index in [0.29, 0.717) is 12.8 Å². The highest BCUT2D eigenvalue weighted by Crippen LogP contribution is 2.24. The zero-order valence-electron chi connectivity index (χ0n) is 13.2. The number of benzene rings is 1.